The SMILES string of the molecule is NCCCS(=O)(=O)NCC1CCCC1. The molecule has 0 radical (unpaired) electrons. The minimum atomic E-state index is -3.06. The molecule has 0 heterocycles. The molecule has 0 saturated heterocycles. The van der Waals surface area contributed by atoms with E-state index in [1.54, 1.807) is 0 Å². The molecule has 14 heavy (non-hydrogen) atoms. The smallest absolute Gasteiger partial charge is 0.211 e. The van der Waals surface area contributed by atoms with Crippen molar-refractivity contribution < 1.29 is 8.42 Å². The molecule has 0 unspecified atom stereocenters. The van der Waals surface area contributed by atoms with Gasteiger partial charge >= 0.3 is 0 Å². The van der Waals surface area contributed by atoms with E-state index in [1.807, 2.05) is 0 Å². The summed E-state index contributed by atoms with van der Waals surface area (Å²) in [5.41, 5.74) is 5.26. The number of sulfonamides is 1. The summed E-state index contributed by atoms with van der Waals surface area (Å²) in [6, 6.07) is 0. The van der Waals surface area contributed by atoms with Crippen LogP contribution in [0.5, 0.6) is 0 Å². The molecule has 1 aliphatic rings. The van der Waals surface area contributed by atoms with Crippen LogP contribution in [0.4, 0.5) is 0 Å². The van der Waals surface area contributed by atoms with Gasteiger partial charge in [-0.15, -0.1) is 0 Å². The molecule has 84 valence electrons. The van der Waals surface area contributed by atoms with Crippen LogP contribution < -0.4 is 10.5 Å². The lowest BCUT2D eigenvalue weighted by Crippen LogP contribution is -2.31. The largest absolute Gasteiger partial charge is 0.330 e. The first-order valence-corrected chi connectivity index (χ1v) is 6.96. The van der Waals surface area contributed by atoms with Crippen LogP contribution in [0.15, 0.2) is 0 Å². The highest BCUT2D eigenvalue weighted by Crippen LogP contribution is 2.23. The molecular formula is C9H20N2O2S. The van der Waals surface area contributed by atoms with E-state index in [4.69, 9.17) is 5.73 Å². The third-order valence-electron chi connectivity index (χ3n) is 2.68. The van der Waals surface area contributed by atoms with Crippen LogP contribution in [0.25, 0.3) is 0 Å². The first kappa shape index (κ1) is 11.9. The summed E-state index contributed by atoms with van der Waals surface area (Å²) in [6.07, 6.45) is 5.36. The lowest BCUT2D eigenvalue weighted by molar-refractivity contribution is 0.519. The molecule has 0 bridgehead atoms. The first-order valence-electron chi connectivity index (χ1n) is 5.31. The van der Waals surface area contributed by atoms with Crippen LogP contribution in [0.3, 0.4) is 0 Å². The summed E-state index contributed by atoms with van der Waals surface area (Å²) < 4.78 is 25.4. The molecule has 0 aromatic rings. The Hall–Kier alpha value is -0.130. The number of rotatable bonds is 6. The molecule has 1 saturated carbocycles. The van der Waals surface area contributed by atoms with Gasteiger partial charge in [-0.05, 0) is 31.7 Å². The van der Waals surface area contributed by atoms with Crippen molar-refractivity contribution in [1.29, 1.82) is 0 Å². The fourth-order valence-electron chi connectivity index (χ4n) is 1.80. The standard InChI is InChI=1S/C9H20N2O2S/c10-6-3-7-14(12,13)11-8-9-4-1-2-5-9/h9,11H,1-8,10H2. The summed E-state index contributed by atoms with van der Waals surface area (Å²) in [7, 11) is -3.06. The lowest BCUT2D eigenvalue weighted by atomic mass is 10.1. The average Bonchev–Trinajstić information content (AvgIpc) is 2.64. The molecule has 0 spiro atoms. The second-order valence-electron chi connectivity index (χ2n) is 3.96. The van der Waals surface area contributed by atoms with Gasteiger partial charge in [-0.2, -0.15) is 0 Å². The molecule has 0 atom stereocenters. The average molecular weight is 220 g/mol. The summed E-state index contributed by atoms with van der Waals surface area (Å²) in [5.74, 6) is 0.721. The molecular weight excluding hydrogens is 200 g/mol. The highest BCUT2D eigenvalue weighted by atomic mass is 32.2. The normalized spacial score (nSPS) is 18.9. The second-order valence-corrected chi connectivity index (χ2v) is 5.89. The third-order valence-corrected chi connectivity index (χ3v) is 4.12. The van der Waals surface area contributed by atoms with Gasteiger partial charge in [0.05, 0.1) is 5.75 Å². The molecule has 1 aliphatic carbocycles. The molecule has 4 nitrogen and oxygen atoms in total. The highest BCUT2D eigenvalue weighted by molar-refractivity contribution is 7.89. The monoisotopic (exact) mass is 220 g/mol. The van der Waals surface area contributed by atoms with Gasteiger partial charge in [-0.3, -0.25) is 0 Å². The van der Waals surface area contributed by atoms with Gasteiger partial charge in [0.2, 0.25) is 10.0 Å². The van der Waals surface area contributed by atoms with E-state index in [9.17, 15) is 8.42 Å². The Morgan fingerprint density at radius 3 is 2.50 bits per heavy atom. The van der Waals surface area contributed by atoms with Gasteiger partial charge < -0.3 is 5.73 Å². The Bertz CT molecular complexity index is 246. The zero-order chi connectivity index (χ0) is 10.4. The van der Waals surface area contributed by atoms with Gasteiger partial charge in [-0.1, -0.05) is 12.8 Å². The highest BCUT2D eigenvalue weighted by Gasteiger charge is 2.17. The quantitative estimate of drug-likeness (QED) is 0.682. The number of nitrogens with one attached hydrogen (secondary N) is 1. The summed E-state index contributed by atoms with van der Waals surface area (Å²) in [4.78, 5) is 0. The molecule has 0 aromatic heterocycles. The topological polar surface area (TPSA) is 72.2 Å². The first-order chi connectivity index (χ1) is 6.64. The molecule has 0 aromatic carbocycles. The van der Waals surface area contributed by atoms with E-state index >= 15 is 0 Å². The van der Waals surface area contributed by atoms with Crippen LogP contribution >= 0.6 is 0 Å². The van der Waals surface area contributed by atoms with Gasteiger partial charge in [0.15, 0.2) is 0 Å². The van der Waals surface area contributed by atoms with Crippen LogP contribution in [0.1, 0.15) is 32.1 Å². The van der Waals surface area contributed by atoms with Gasteiger partial charge in [-0.25, -0.2) is 13.1 Å². The van der Waals surface area contributed by atoms with Crippen molar-refractivity contribution in [3.63, 3.8) is 0 Å². The predicted molar refractivity (Wildman–Crippen MR) is 57.4 cm³/mol. The number of nitrogens with two attached hydrogens (primary N) is 1. The second kappa shape index (κ2) is 5.68. The van der Waals surface area contributed by atoms with E-state index in [0.717, 1.165) is 0 Å². The Labute approximate surface area is 86.3 Å². The molecule has 3 N–H and O–H groups in total. The Morgan fingerprint density at radius 1 is 1.29 bits per heavy atom. The van der Waals surface area contributed by atoms with E-state index in [0.29, 0.717) is 25.4 Å². The predicted octanol–water partition coefficient (Wildman–Crippen LogP) is 0.445. The van der Waals surface area contributed by atoms with Crippen molar-refractivity contribution in [3.8, 4) is 0 Å². The van der Waals surface area contributed by atoms with Gasteiger partial charge in [0.25, 0.3) is 0 Å². The van der Waals surface area contributed by atoms with E-state index in [2.05, 4.69) is 4.72 Å². The maximum atomic E-state index is 11.4. The molecule has 0 aliphatic heterocycles. The van der Waals surface area contributed by atoms with E-state index in [1.165, 1.54) is 25.7 Å². The third kappa shape index (κ3) is 4.39. The fraction of sp³-hybridized carbons (Fsp3) is 1.00. The van der Waals surface area contributed by atoms with Crippen LogP contribution in [0, 0.1) is 5.92 Å². The molecule has 1 fully saturated rings. The van der Waals surface area contributed by atoms with Crippen LogP contribution in [0.2, 0.25) is 0 Å². The Morgan fingerprint density at radius 2 is 1.93 bits per heavy atom. The minimum absolute atomic E-state index is 0.163. The zero-order valence-corrected chi connectivity index (χ0v) is 9.35. The fourth-order valence-corrected chi connectivity index (χ4v) is 2.99. The summed E-state index contributed by atoms with van der Waals surface area (Å²) in [6.45, 7) is 1.05. The number of hydrogen-bond acceptors (Lipinski definition) is 3. The van der Waals surface area contributed by atoms with Gasteiger partial charge in [0, 0.05) is 6.54 Å². The van der Waals surface area contributed by atoms with Gasteiger partial charge in [0.1, 0.15) is 0 Å². The van der Waals surface area contributed by atoms with Crippen LogP contribution in [-0.4, -0.2) is 27.3 Å². The lowest BCUT2D eigenvalue weighted by Gasteiger charge is -2.10. The summed E-state index contributed by atoms with van der Waals surface area (Å²) in [5, 5.41) is 0. The van der Waals surface area contributed by atoms with Crippen molar-refractivity contribution in [2.45, 2.75) is 32.1 Å². The van der Waals surface area contributed by atoms with Crippen molar-refractivity contribution in [3.05, 3.63) is 0 Å². The molecule has 1 rings (SSSR count). The Kier molecular flexibility index (Phi) is 4.84. The maximum Gasteiger partial charge on any atom is 0.211 e. The van der Waals surface area contributed by atoms with E-state index < -0.39 is 10.0 Å². The van der Waals surface area contributed by atoms with Crippen molar-refractivity contribution in [2.24, 2.45) is 11.7 Å². The Balaban J connectivity index is 2.21. The zero-order valence-electron chi connectivity index (χ0n) is 8.54. The van der Waals surface area contributed by atoms with Crippen molar-refractivity contribution >= 4 is 10.0 Å². The van der Waals surface area contributed by atoms with Crippen LogP contribution in [-0.2, 0) is 10.0 Å². The number of hydrogen-bond donors (Lipinski definition) is 2. The van der Waals surface area contributed by atoms with E-state index in [-0.39, 0.29) is 5.75 Å². The molecule has 0 amide bonds. The summed E-state index contributed by atoms with van der Waals surface area (Å²) >= 11 is 0. The minimum Gasteiger partial charge on any atom is -0.330 e. The molecule has 5 heteroatoms. The van der Waals surface area contributed by atoms with Crippen molar-refractivity contribution in [2.75, 3.05) is 18.8 Å². The maximum absolute atomic E-state index is 11.4. The van der Waals surface area contributed by atoms with Crippen molar-refractivity contribution in [1.82, 2.24) is 4.72 Å².